The Kier molecular flexibility index (Phi) is 3.55. The van der Waals surface area contributed by atoms with Crippen molar-refractivity contribution < 1.29 is 9.53 Å². The topological polar surface area (TPSA) is 55.6 Å². The quantitative estimate of drug-likeness (QED) is 0.604. The molecule has 0 aliphatic carbocycles. The molecule has 1 rings (SSSR count). The Hall–Kier alpha value is -1.71. The summed E-state index contributed by atoms with van der Waals surface area (Å²) in [4.78, 5) is 13.4. The number of carbonyl (C=O) groups excluding carboxylic acids is 1. The Morgan fingerprint density at radius 2 is 2.13 bits per heavy atom. The number of carbonyl (C=O) groups is 1. The average Bonchev–Trinajstić information content (AvgIpc) is 2.18. The van der Waals surface area contributed by atoms with Crippen LogP contribution in [0, 0.1) is 0 Å². The maximum Gasteiger partial charge on any atom is 0.340 e. The Labute approximate surface area is 89.6 Å². The fourth-order valence-corrected chi connectivity index (χ4v) is 1.21. The summed E-state index contributed by atoms with van der Waals surface area (Å²) >= 11 is 0. The van der Waals surface area contributed by atoms with Gasteiger partial charge in [-0.2, -0.15) is 0 Å². The summed E-state index contributed by atoms with van der Waals surface area (Å²) in [7, 11) is 3.81. The molecule has 0 bridgehead atoms. The first-order valence-corrected chi connectivity index (χ1v) is 4.80. The van der Waals surface area contributed by atoms with Gasteiger partial charge in [0.2, 0.25) is 0 Å². The van der Waals surface area contributed by atoms with E-state index in [9.17, 15) is 4.79 Å². The van der Waals surface area contributed by atoms with E-state index in [2.05, 4.69) is 0 Å². The molecule has 2 N–H and O–H groups in total. The molecule has 0 aliphatic heterocycles. The third-order valence-corrected chi connectivity index (χ3v) is 2.05. The van der Waals surface area contributed by atoms with Crippen LogP contribution in [-0.2, 0) is 4.74 Å². The molecule has 1 aromatic carbocycles. The van der Waals surface area contributed by atoms with Gasteiger partial charge < -0.3 is 15.4 Å². The van der Waals surface area contributed by atoms with E-state index >= 15 is 0 Å². The second kappa shape index (κ2) is 4.68. The van der Waals surface area contributed by atoms with Gasteiger partial charge in [0.05, 0.1) is 12.2 Å². The molecule has 4 heteroatoms. The fraction of sp³-hybridized carbons (Fsp3) is 0.364. The summed E-state index contributed by atoms with van der Waals surface area (Å²) in [5.74, 6) is -0.376. The number of nitrogens with zero attached hydrogens (tertiary/aromatic N) is 1. The molecule has 0 spiro atoms. The molecule has 0 atom stereocenters. The second-order valence-electron chi connectivity index (χ2n) is 3.39. The molecule has 0 saturated carbocycles. The summed E-state index contributed by atoms with van der Waals surface area (Å²) in [6.07, 6.45) is 0. The molecule has 0 aromatic heterocycles. The zero-order valence-electron chi connectivity index (χ0n) is 9.28. The third-order valence-electron chi connectivity index (χ3n) is 2.05. The Bertz CT molecular complexity index is 362. The maximum absolute atomic E-state index is 11.5. The van der Waals surface area contributed by atoms with Crippen LogP contribution >= 0.6 is 0 Å². The van der Waals surface area contributed by atoms with Crippen molar-refractivity contribution in [1.29, 1.82) is 0 Å². The minimum atomic E-state index is -0.376. The first-order valence-electron chi connectivity index (χ1n) is 4.80. The lowest BCUT2D eigenvalue weighted by Crippen LogP contribution is -2.12. The molecule has 0 aliphatic rings. The second-order valence-corrected chi connectivity index (χ2v) is 3.39. The summed E-state index contributed by atoms with van der Waals surface area (Å²) < 4.78 is 4.91. The first-order chi connectivity index (χ1) is 7.06. The van der Waals surface area contributed by atoms with Gasteiger partial charge >= 0.3 is 5.97 Å². The number of hydrogen-bond acceptors (Lipinski definition) is 4. The van der Waals surface area contributed by atoms with Crippen LogP contribution in [0.25, 0.3) is 0 Å². The van der Waals surface area contributed by atoms with E-state index in [1.54, 1.807) is 19.1 Å². The number of ether oxygens (including phenoxy) is 1. The summed E-state index contributed by atoms with van der Waals surface area (Å²) in [5, 5.41) is 0. The standard InChI is InChI=1S/C11H16N2O2/c1-4-15-11(14)9-7-8(13(2)3)5-6-10(9)12/h5-7H,4,12H2,1-3H3. The van der Waals surface area contributed by atoms with Gasteiger partial charge in [0, 0.05) is 25.5 Å². The molecule has 0 amide bonds. The lowest BCUT2D eigenvalue weighted by atomic mass is 10.1. The minimum absolute atomic E-state index is 0.352. The molecule has 0 heterocycles. The van der Waals surface area contributed by atoms with Crippen molar-refractivity contribution in [1.82, 2.24) is 0 Å². The average molecular weight is 208 g/mol. The van der Waals surface area contributed by atoms with Crippen LogP contribution in [0.3, 0.4) is 0 Å². The van der Waals surface area contributed by atoms with E-state index in [0.29, 0.717) is 17.9 Å². The van der Waals surface area contributed by atoms with Crippen LogP contribution in [0.1, 0.15) is 17.3 Å². The van der Waals surface area contributed by atoms with Crippen molar-refractivity contribution >= 4 is 17.3 Å². The van der Waals surface area contributed by atoms with E-state index in [-0.39, 0.29) is 5.97 Å². The van der Waals surface area contributed by atoms with Crippen molar-refractivity contribution in [3.05, 3.63) is 23.8 Å². The number of anilines is 2. The molecule has 0 fully saturated rings. The van der Waals surface area contributed by atoms with E-state index in [1.165, 1.54) is 0 Å². The summed E-state index contributed by atoms with van der Waals surface area (Å²) in [5.41, 5.74) is 7.49. The largest absolute Gasteiger partial charge is 0.462 e. The van der Waals surface area contributed by atoms with Gasteiger partial charge in [-0.1, -0.05) is 0 Å². The highest BCUT2D eigenvalue weighted by atomic mass is 16.5. The van der Waals surface area contributed by atoms with E-state index in [0.717, 1.165) is 5.69 Å². The molecule has 82 valence electrons. The molecule has 15 heavy (non-hydrogen) atoms. The SMILES string of the molecule is CCOC(=O)c1cc(N(C)C)ccc1N. The van der Waals surface area contributed by atoms with Gasteiger partial charge in [-0.05, 0) is 25.1 Å². The lowest BCUT2D eigenvalue weighted by molar-refractivity contribution is 0.0527. The van der Waals surface area contributed by atoms with Gasteiger partial charge in [0.15, 0.2) is 0 Å². The number of nitrogen functional groups attached to an aromatic ring is 1. The zero-order chi connectivity index (χ0) is 11.4. The maximum atomic E-state index is 11.5. The highest BCUT2D eigenvalue weighted by Gasteiger charge is 2.11. The van der Waals surface area contributed by atoms with Crippen LogP contribution in [0.5, 0.6) is 0 Å². The van der Waals surface area contributed by atoms with Crippen LogP contribution < -0.4 is 10.6 Å². The van der Waals surface area contributed by atoms with Crippen LogP contribution in [0.15, 0.2) is 18.2 Å². The van der Waals surface area contributed by atoms with Crippen LogP contribution in [0.2, 0.25) is 0 Å². The molecule has 0 radical (unpaired) electrons. The molecule has 0 unspecified atom stereocenters. The van der Waals surface area contributed by atoms with Gasteiger partial charge in [-0.3, -0.25) is 0 Å². The number of hydrogen-bond donors (Lipinski definition) is 1. The van der Waals surface area contributed by atoms with Crippen LogP contribution in [-0.4, -0.2) is 26.7 Å². The Morgan fingerprint density at radius 1 is 1.47 bits per heavy atom. The zero-order valence-corrected chi connectivity index (χ0v) is 9.28. The molecule has 0 saturated heterocycles. The molecule has 1 aromatic rings. The summed E-state index contributed by atoms with van der Waals surface area (Å²) in [6.45, 7) is 2.12. The van der Waals surface area contributed by atoms with E-state index in [4.69, 9.17) is 10.5 Å². The highest BCUT2D eigenvalue weighted by Crippen LogP contribution is 2.20. The molecular weight excluding hydrogens is 192 g/mol. The molecule has 4 nitrogen and oxygen atoms in total. The predicted molar refractivity (Wildman–Crippen MR) is 61.1 cm³/mol. The molecular formula is C11H16N2O2. The minimum Gasteiger partial charge on any atom is -0.462 e. The van der Waals surface area contributed by atoms with Gasteiger partial charge in [-0.25, -0.2) is 4.79 Å². The van der Waals surface area contributed by atoms with E-state index in [1.807, 2.05) is 25.1 Å². The number of nitrogens with two attached hydrogens (primary N) is 1. The predicted octanol–water partition coefficient (Wildman–Crippen LogP) is 1.51. The monoisotopic (exact) mass is 208 g/mol. The number of esters is 1. The third kappa shape index (κ3) is 2.62. The van der Waals surface area contributed by atoms with Crippen molar-refractivity contribution in [3.8, 4) is 0 Å². The fourth-order valence-electron chi connectivity index (χ4n) is 1.21. The highest BCUT2D eigenvalue weighted by molar-refractivity contribution is 5.96. The van der Waals surface area contributed by atoms with Crippen LogP contribution in [0.4, 0.5) is 11.4 Å². The number of benzene rings is 1. The Morgan fingerprint density at radius 3 is 2.67 bits per heavy atom. The van der Waals surface area contributed by atoms with Crippen molar-refractivity contribution in [2.24, 2.45) is 0 Å². The smallest absolute Gasteiger partial charge is 0.340 e. The van der Waals surface area contributed by atoms with Crippen molar-refractivity contribution in [2.45, 2.75) is 6.92 Å². The van der Waals surface area contributed by atoms with Crippen molar-refractivity contribution in [3.63, 3.8) is 0 Å². The lowest BCUT2D eigenvalue weighted by Gasteiger charge is -2.14. The Balaban J connectivity index is 3.05. The van der Waals surface area contributed by atoms with Gasteiger partial charge in [0.25, 0.3) is 0 Å². The summed E-state index contributed by atoms with van der Waals surface area (Å²) in [6, 6.07) is 5.30. The number of rotatable bonds is 3. The van der Waals surface area contributed by atoms with Gasteiger partial charge in [-0.15, -0.1) is 0 Å². The normalized spacial score (nSPS) is 9.80. The van der Waals surface area contributed by atoms with Gasteiger partial charge in [0.1, 0.15) is 0 Å². The van der Waals surface area contributed by atoms with Crippen molar-refractivity contribution in [2.75, 3.05) is 31.3 Å². The van der Waals surface area contributed by atoms with E-state index < -0.39 is 0 Å². The first kappa shape index (κ1) is 11.4.